The standard InChI is InChI=1S/C18H18N2O3/c1-21-16-5-3-4-14(18(16)22-2)10-20-9-13-7-6-12-8-19-23-17(12)15(13)11-20/h3-5,8-9,11H,6-7,10H2,1-2H3. The molecule has 5 nitrogen and oxygen atoms in total. The monoisotopic (exact) mass is 310 g/mol. The molecule has 0 saturated carbocycles. The summed E-state index contributed by atoms with van der Waals surface area (Å²) in [5.74, 6) is 2.43. The van der Waals surface area contributed by atoms with Crippen LogP contribution in [0.1, 0.15) is 16.7 Å². The number of hydrogen-bond acceptors (Lipinski definition) is 4. The van der Waals surface area contributed by atoms with E-state index in [4.69, 9.17) is 14.0 Å². The van der Waals surface area contributed by atoms with Crippen LogP contribution in [0.2, 0.25) is 0 Å². The van der Waals surface area contributed by atoms with Gasteiger partial charge in [-0.1, -0.05) is 17.3 Å². The first-order valence-electron chi connectivity index (χ1n) is 7.62. The number of benzene rings is 1. The number of nitrogens with zero attached hydrogens (tertiary/aromatic N) is 2. The van der Waals surface area contributed by atoms with Gasteiger partial charge < -0.3 is 18.6 Å². The van der Waals surface area contributed by atoms with E-state index >= 15 is 0 Å². The Bertz CT molecular complexity index is 848. The molecule has 0 amide bonds. The fourth-order valence-electron chi connectivity index (χ4n) is 3.26. The summed E-state index contributed by atoms with van der Waals surface area (Å²) in [5.41, 5.74) is 4.72. The minimum atomic E-state index is 0.719. The van der Waals surface area contributed by atoms with E-state index < -0.39 is 0 Å². The van der Waals surface area contributed by atoms with Crippen molar-refractivity contribution in [2.45, 2.75) is 19.4 Å². The lowest BCUT2D eigenvalue weighted by molar-refractivity contribution is 0.351. The van der Waals surface area contributed by atoms with Gasteiger partial charge in [0.2, 0.25) is 0 Å². The first-order chi connectivity index (χ1) is 11.3. The number of para-hydroxylation sites is 1. The van der Waals surface area contributed by atoms with Crippen molar-refractivity contribution in [2.75, 3.05) is 14.2 Å². The van der Waals surface area contributed by atoms with Gasteiger partial charge in [-0.25, -0.2) is 0 Å². The van der Waals surface area contributed by atoms with Gasteiger partial charge in [0, 0.05) is 29.1 Å². The van der Waals surface area contributed by atoms with Crippen LogP contribution in [0.3, 0.4) is 0 Å². The third-order valence-corrected chi connectivity index (χ3v) is 4.35. The Morgan fingerprint density at radius 1 is 1.13 bits per heavy atom. The van der Waals surface area contributed by atoms with E-state index in [0.29, 0.717) is 0 Å². The molecule has 3 aromatic rings. The highest BCUT2D eigenvalue weighted by Crippen LogP contribution is 2.35. The number of aryl methyl sites for hydroxylation is 2. The van der Waals surface area contributed by atoms with Crippen LogP contribution in [0.15, 0.2) is 41.3 Å². The van der Waals surface area contributed by atoms with Crippen molar-refractivity contribution in [1.82, 2.24) is 9.72 Å². The summed E-state index contributed by atoms with van der Waals surface area (Å²) < 4.78 is 18.5. The highest BCUT2D eigenvalue weighted by Gasteiger charge is 2.22. The Morgan fingerprint density at radius 3 is 2.83 bits per heavy atom. The fraction of sp³-hybridized carbons (Fsp3) is 0.278. The first kappa shape index (κ1) is 13.9. The lowest BCUT2D eigenvalue weighted by Crippen LogP contribution is -2.01. The summed E-state index contributed by atoms with van der Waals surface area (Å²) in [5, 5.41) is 3.93. The van der Waals surface area contributed by atoms with Gasteiger partial charge >= 0.3 is 0 Å². The third kappa shape index (κ3) is 2.29. The third-order valence-electron chi connectivity index (χ3n) is 4.35. The molecule has 0 fully saturated rings. The molecule has 0 spiro atoms. The minimum absolute atomic E-state index is 0.719. The predicted molar refractivity (Wildman–Crippen MR) is 86.0 cm³/mol. The quantitative estimate of drug-likeness (QED) is 0.742. The molecule has 1 aliphatic rings. The molecule has 0 aliphatic heterocycles. The molecule has 1 aromatic carbocycles. The minimum Gasteiger partial charge on any atom is -0.493 e. The smallest absolute Gasteiger partial charge is 0.171 e. The molecular formula is C18H18N2O3. The molecule has 1 aliphatic carbocycles. The van der Waals surface area contributed by atoms with Gasteiger partial charge in [-0.2, -0.15) is 0 Å². The average Bonchev–Trinajstić information content (AvgIpc) is 3.19. The molecule has 2 heterocycles. The van der Waals surface area contributed by atoms with Crippen LogP contribution in [0.5, 0.6) is 11.5 Å². The lowest BCUT2D eigenvalue weighted by Gasteiger charge is -2.13. The second-order valence-corrected chi connectivity index (χ2v) is 5.70. The van der Waals surface area contributed by atoms with E-state index in [1.165, 1.54) is 11.1 Å². The van der Waals surface area contributed by atoms with Crippen molar-refractivity contribution >= 4 is 0 Å². The van der Waals surface area contributed by atoms with Crippen LogP contribution in [-0.4, -0.2) is 23.9 Å². The SMILES string of the molecule is COc1cccc(Cn2cc3c(c2)-c2oncc2CC3)c1OC. The maximum atomic E-state index is 5.52. The Kier molecular flexibility index (Phi) is 3.33. The molecule has 23 heavy (non-hydrogen) atoms. The molecule has 0 radical (unpaired) electrons. The van der Waals surface area contributed by atoms with E-state index in [0.717, 1.165) is 47.8 Å². The van der Waals surface area contributed by atoms with Crippen LogP contribution in [0, 0.1) is 0 Å². The van der Waals surface area contributed by atoms with E-state index in [2.05, 4.69) is 28.2 Å². The van der Waals surface area contributed by atoms with E-state index in [1.807, 2.05) is 18.3 Å². The summed E-state index contributed by atoms with van der Waals surface area (Å²) >= 11 is 0. The van der Waals surface area contributed by atoms with Gasteiger partial charge in [0.1, 0.15) is 0 Å². The second-order valence-electron chi connectivity index (χ2n) is 5.70. The van der Waals surface area contributed by atoms with E-state index in [-0.39, 0.29) is 0 Å². The first-order valence-corrected chi connectivity index (χ1v) is 7.62. The number of aromatic nitrogens is 2. The van der Waals surface area contributed by atoms with Gasteiger partial charge in [-0.15, -0.1) is 0 Å². The molecule has 0 N–H and O–H groups in total. The van der Waals surface area contributed by atoms with E-state index in [9.17, 15) is 0 Å². The summed E-state index contributed by atoms with van der Waals surface area (Å²) in [7, 11) is 3.32. The molecule has 0 atom stereocenters. The topological polar surface area (TPSA) is 49.4 Å². The summed E-state index contributed by atoms with van der Waals surface area (Å²) in [6.45, 7) is 0.719. The lowest BCUT2D eigenvalue weighted by atomic mass is 9.95. The zero-order valence-electron chi connectivity index (χ0n) is 13.2. The zero-order chi connectivity index (χ0) is 15.8. The highest BCUT2D eigenvalue weighted by atomic mass is 16.5. The molecule has 0 saturated heterocycles. The molecule has 2 aromatic heterocycles. The fourth-order valence-corrected chi connectivity index (χ4v) is 3.26. The number of hydrogen-bond donors (Lipinski definition) is 0. The van der Waals surface area contributed by atoms with Crippen molar-refractivity contribution in [1.29, 1.82) is 0 Å². The molecule has 5 heteroatoms. The molecule has 0 unspecified atom stereocenters. The van der Waals surface area contributed by atoms with Crippen LogP contribution >= 0.6 is 0 Å². The average molecular weight is 310 g/mol. The Hall–Kier alpha value is -2.69. The zero-order valence-corrected chi connectivity index (χ0v) is 13.2. The number of rotatable bonds is 4. The maximum absolute atomic E-state index is 5.52. The molecule has 118 valence electrons. The van der Waals surface area contributed by atoms with Crippen molar-refractivity contribution in [3.8, 4) is 22.8 Å². The molecule has 4 rings (SSSR count). The Morgan fingerprint density at radius 2 is 2.00 bits per heavy atom. The largest absolute Gasteiger partial charge is 0.493 e. The Labute approximate surface area is 134 Å². The van der Waals surface area contributed by atoms with Crippen LogP contribution in [0.25, 0.3) is 11.3 Å². The number of methoxy groups -OCH3 is 2. The summed E-state index contributed by atoms with van der Waals surface area (Å²) in [4.78, 5) is 0. The number of ether oxygens (including phenoxy) is 2. The predicted octanol–water partition coefficient (Wildman–Crippen LogP) is 3.31. The van der Waals surface area contributed by atoms with Crippen molar-refractivity contribution in [3.05, 3.63) is 53.5 Å². The van der Waals surface area contributed by atoms with Gasteiger partial charge in [-0.3, -0.25) is 0 Å². The highest BCUT2D eigenvalue weighted by molar-refractivity contribution is 5.67. The second kappa shape index (κ2) is 5.50. The summed E-state index contributed by atoms with van der Waals surface area (Å²) in [6, 6.07) is 5.94. The van der Waals surface area contributed by atoms with Crippen molar-refractivity contribution in [3.63, 3.8) is 0 Å². The molecule has 0 bridgehead atoms. The Balaban J connectivity index is 1.70. The van der Waals surface area contributed by atoms with Crippen LogP contribution < -0.4 is 9.47 Å². The van der Waals surface area contributed by atoms with Gasteiger partial charge in [0.25, 0.3) is 0 Å². The van der Waals surface area contributed by atoms with Gasteiger partial charge in [0.15, 0.2) is 17.3 Å². The number of fused-ring (bicyclic) bond motifs is 3. The van der Waals surface area contributed by atoms with Crippen LogP contribution in [0.4, 0.5) is 0 Å². The normalized spacial score (nSPS) is 12.6. The van der Waals surface area contributed by atoms with Crippen molar-refractivity contribution < 1.29 is 14.0 Å². The van der Waals surface area contributed by atoms with E-state index in [1.54, 1.807) is 14.2 Å². The van der Waals surface area contributed by atoms with Crippen LogP contribution in [-0.2, 0) is 19.4 Å². The van der Waals surface area contributed by atoms with Crippen molar-refractivity contribution in [2.24, 2.45) is 0 Å². The summed E-state index contributed by atoms with van der Waals surface area (Å²) in [6.07, 6.45) is 8.13. The van der Waals surface area contributed by atoms with Gasteiger partial charge in [0.05, 0.1) is 27.0 Å². The maximum Gasteiger partial charge on any atom is 0.171 e. The van der Waals surface area contributed by atoms with Gasteiger partial charge in [-0.05, 0) is 24.5 Å². The molecular weight excluding hydrogens is 292 g/mol.